The monoisotopic (exact) mass is 436 g/mol. The summed E-state index contributed by atoms with van der Waals surface area (Å²) in [5.74, 6) is 1.32. The van der Waals surface area contributed by atoms with Gasteiger partial charge in [0.25, 0.3) is 5.91 Å². The van der Waals surface area contributed by atoms with Crippen molar-refractivity contribution in [2.45, 2.75) is 25.7 Å². The molecule has 31 heavy (non-hydrogen) atoms. The summed E-state index contributed by atoms with van der Waals surface area (Å²) < 4.78 is 11.5. The first-order valence-electron chi connectivity index (χ1n) is 10.5. The maximum absolute atomic E-state index is 13.0. The van der Waals surface area contributed by atoms with Crippen LogP contribution in [0.5, 0.6) is 11.5 Å². The fourth-order valence-corrected chi connectivity index (χ4v) is 5.60. The number of thiophene rings is 1. The van der Waals surface area contributed by atoms with E-state index >= 15 is 0 Å². The molecule has 0 bridgehead atoms. The van der Waals surface area contributed by atoms with Crippen LogP contribution in [-0.4, -0.2) is 26.6 Å². The Morgan fingerprint density at radius 1 is 1.13 bits per heavy atom. The van der Waals surface area contributed by atoms with Crippen LogP contribution < -0.4 is 25.0 Å². The third-order valence-electron chi connectivity index (χ3n) is 5.89. The average molecular weight is 437 g/mol. The number of benzene rings is 2. The van der Waals surface area contributed by atoms with Gasteiger partial charge in [-0.2, -0.15) is 0 Å². The zero-order valence-electron chi connectivity index (χ0n) is 17.7. The highest BCUT2D eigenvalue weighted by Crippen LogP contribution is 2.40. The Bertz CT molecular complexity index is 1110. The van der Waals surface area contributed by atoms with Gasteiger partial charge in [-0.25, -0.2) is 0 Å². The number of fused-ring (bicyclic) bond motifs is 3. The van der Waals surface area contributed by atoms with Gasteiger partial charge < -0.3 is 25.0 Å². The van der Waals surface area contributed by atoms with Crippen LogP contribution in [0, 0.1) is 0 Å². The Labute approximate surface area is 185 Å². The summed E-state index contributed by atoms with van der Waals surface area (Å²) in [4.78, 5) is 15.8. The number of carbonyl (C=O) groups excluding carboxylic acids is 1. The summed E-state index contributed by atoms with van der Waals surface area (Å²) in [5, 5.41) is 7.61. The van der Waals surface area contributed by atoms with E-state index in [0.717, 1.165) is 41.2 Å². The Kier molecular flexibility index (Phi) is 5.29. The molecule has 1 amide bonds. The van der Waals surface area contributed by atoms with Crippen molar-refractivity contribution < 1.29 is 19.2 Å². The van der Waals surface area contributed by atoms with Crippen molar-refractivity contribution in [3.05, 3.63) is 75.7 Å². The number of nitrogens with one attached hydrogen (secondary N) is 3. The molecule has 5 rings (SSSR count). The fraction of sp³-hybridized carbons (Fsp3) is 0.292. The van der Waals surface area contributed by atoms with Crippen molar-refractivity contribution in [1.29, 1.82) is 0 Å². The molecule has 0 radical (unpaired) electrons. The first-order valence-corrected chi connectivity index (χ1v) is 11.3. The van der Waals surface area contributed by atoms with Crippen molar-refractivity contribution in [2.24, 2.45) is 0 Å². The third-order valence-corrected chi connectivity index (χ3v) is 7.05. The van der Waals surface area contributed by atoms with Crippen LogP contribution in [0.1, 0.15) is 38.1 Å². The molecule has 2 aromatic carbocycles. The fourth-order valence-electron chi connectivity index (χ4n) is 4.22. The smallest absolute Gasteiger partial charge is 0.256 e. The van der Waals surface area contributed by atoms with Crippen LogP contribution in [0.4, 0.5) is 5.00 Å². The number of hydrogen-bond donors (Lipinski definition) is 3. The Hall–Kier alpha value is -3.03. The van der Waals surface area contributed by atoms with E-state index in [1.165, 1.54) is 15.3 Å². The second-order valence-corrected chi connectivity index (χ2v) is 9.18. The molecule has 1 aromatic heterocycles. The number of ether oxygens (including phenoxy) is 2. The predicted octanol–water partition coefficient (Wildman–Crippen LogP) is 2.76. The highest BCUT2D eigenvalue weighted by atomic mass is 32.1. The number of anilines is 1. The highest BCUT2D eigenvalue weighted by Gasteiger charge is 2.34. The maximum Gasteiger partial charge on any atom is 0.256 e. The lowest BCUT2D eigenvalue weighted by molar-refractivity contribution is -0.895. The van der Waals surface area contributed by atoms with Gasteiger partial charge >= 0.3 is 0 Å². The number of rotatable bonds is 5. The maximum atomic E-state index is 13.0. The third kappa shape index (κ3) is 3.86. The van der Waals surface area contributed by atoms with E-state index < -0.39 is 0 Å². The van der Waals surface area contributed by atoms with E-state index in [-0.39, 0.29) is 12.1 Å². The highest BCUT2D eigenvalue weighted by molar-refractivity contribution is 7.16. The van der Waals surface area contributed by atoms with Crippen LogP contribution >= 0.6 is 11.3 Å². The molecule has 3 N–H and O–H groups in total. The SMILES string of the molecule is COc1cc([C@@H]2NC(=O)c3c(sc4c3CC[NH+](C)C4)N2)ccc1OCc1ccccc1. The van der Waals surface area contributed by atoms with Gasteiger partial charge in [0, 0.05) is 6.42 Å². The summed E-state index contributed by atoms with van der Waals surface area (Å²) in [6.45, 7) is 2.51. The van der Waals surface area contributed by atoms with Crippen molar-refractivity contribution in [2.75, 3.05) is 26.0 Å². The van der Waals surface area contributed by atoms with Gasteiger partial charge in [-0.15, -0.1) is 11.3 Å². The van der Waals surface area contributed by atoms with Crippen molar-refractivity contribution in [3.63, 3.8) is 0 Å². The van der Waals surface area contributed by atoms with E-state index in [0.29, 0.717) is 18.1 Å². The second-order valence-electron chi connectivity index (χ2n) is 8.08. The molecular weight excluding hydrogens is 410 g/mol. The standard InChI is InChI=1S/C24H25N3O3S/c1-27-11-10-17-20(13-27)31-24-21(17)23(28)25-22(26-24)16-8-9-18(19(12-16)29-2)30-14-15-6-4-3-5-7-15/h3-9,12,22,26H,10-11,13-14H2,1-2H3,(H,25,28)/p+1/t22-/m1/s1. The molecule has 0 saturated carbocycles. The normalized spacial score (nSPS) is 19.6. The number of amides is 1. The van der Waals surface area contributed by atoms with E-state index in [1.807, 2.05) is 48.5 Å². The van der Waals surface area contributed by atoms with E-state index in [9.17, 15) is 4.79 Å². The molecular formula is C24H26N3O3S+. The molecule has 2 aliphatic heterocycles. The molecule has 2 atom stereocenters. The minimum Gasteiger partial charge on any atom is -0.493 e. The number of carbonyl (C=O) groups is 1. The quantitative estimate of drug-likeness (QED) is 0.576. The van der Waals surface area contributed by atoms with Crippen LogP contribution in [-0.2, 0) is 19.6 Å². The van der Waals surface area contributed by atoms with E-state index in [2.05, 4.69) is 17.7 Å². The Morgan fingerprint density at radius 2 is 1.97 bits per heavy atom. The van der Waals surface area contributed by atoms with Gasteiger partial charge in [0.1, 0.15) is 24.3 Å². The largest absolute Gasteiger partial charge is 0.493 e. The lowest BCUT2D eigenvalue weighted by Gasteiger charge is -2.27. The molecule has 2 aliphatic rings. The number of quaternary nitrogens is 1. The molecule has 7 heteroatoms. The summed E-state index contributed by atoms with van der Waals surface area (Å²) in [6.07, 6.45) is 0.649. The van der Waals surface area contributed by atoms with Gasteiger partial charge in [-0.1, -0.05) is 36.4 Å². The zero-order chi connectivity index (χ0) is 21.4. The van der Waals surface area contributed by atoms with Crippen LogP contribution in [0.25, 0.3) is 0 Å². The summed E-state index contributed by atoms with van der Waals surface area (Å²) in [5.41, 5.74) is 4.07. The van der Waals surface area contributed by atoms with Gasteiger partial charge in [-0.05, 0) is 28.8 Å². The first-order chi connectivity index (χ1) is 15.1. The zero-order valence-corrected chi connectivity index (χ0v) is 18.5. The lowest BCUT2D eigenvalue weighted by Crippen LogP contribution is -3.08. The van der Waals surface area contributed by atoms with Crippen molar-refractivity contribution in [3.8, 4) is 11.5 Å². The molecule has 0 fully saturated rings. The second kappa shape index (κ2) is 8.24. The molecule has 0 aliphatic carbocycles. The van der Waals surface area contributed by atoms with Gasteiger partial charge in [0.15, 0.2) is 11.5 Å². The first kappa shape index (κ1) is 19.9. The molecule has 3 aromatic rings. The molecule has 3 heterocycles. The van der Waals surface area contributed by atoms with E-state index in [4.69, 9.17) is 9.47 Å². The predicted molar refractivity (Wildman–Crippen MR) is 121 cm³/mol. The summed E-state index contributed by atoms with van der Waals surface area (Å²) in [6, 6.07) is 15.8. The van der Waals surface area contributed by atoms with E-state index in [1.54, 1.807) is 18.4 Å². The lowest BCUT2D eigenvalue weighted by atomic mass is 10.0. The Balaban J connectivity index is 1.36. The average Bonchev–Trinajstić information content (AvgIpc) is 3.16. The Morgan fingerprint density at radius 3 is 2.77 bits per heavy atom. The molecule has 0 spiro atoms. The molecule has 160 valence electrons. The molecule has 1 unspecified atom stereocenters. The minimum atomic E-state index is -0.303. The molecule has 6 nitrogen and oxygen atoms in total. The van der Waals surface area contributed by atoms with Crippen LogP contribution in [0.15, 0.2) is 48.5 Å². The van der Waals surface area contributed by atoms with Gasteiger partial charge in [-0.3, -0.25) is 4.79 Å². The minimum absolute atomic E-state index is 0.000765. The number of hydrogen-bond acceptors (Lipinski definition) is 5. The van der Waals surface area contributed by atoms with Crippen molar-refractivity contribution in [1.82, 2.24) is 5.32 Å². The van der Waals surface area contributed by atoms with Gasteiger partial charge in [0.05, 0.1) is 31.1 Å². The van der Waals surface area contributed by atoms with Crippen LogP contribution in [0.2, 0.25) is 0 Å². The number of likely N-dealkylation sites (N-methyl/N-ethyl adjacent to an activating group) is 1. The van der Waals surface area contributed by atoms with Crippen molar-refractivity contribution >= 4 is 22.2 Å². The van der Waals surface area contributed by atoms with Gasteiger partial charge in [0.2, 0.25) is 0 Å². The number of methoxy groups -OCH3 is 1. The van der Waals surface area contributed by atoms with Crippen LogP contribution in [0.3, 0.4) is 0 Å². The molecule has 0 saturated heterocycles. The summed E-state index contributed by atoms with van der Waals surface area (Å²) in [7, 11) is 3.83. The topological polar surface area (TPSA) is 64.0 Å². The summed E-state index contributed by atoms with van der Waals surface area (Å²) >= 11 is 1.71.